The van der Waals surface area contributed by atoms with Gasteiger partial charge >= 0.3 is 0 Å². The largest absolute Gasteiger partial charge is 0.504 e. The highest BCUT2D eigenvalue weighted by Gasteiger charge is 2.17. The lowest BCUT2D eigenvalue weighted by atomic mass is 10.1. The molecule has 0 aromatic heterocycles. The molecule has 0 bridgehead atoms. The minimum Gasteiger partial charge on any atom is -0.504 e. The maximum absolute atomic E-state index is 11.9. The third kappa shape index (κ3) is 3.14. The first kappa shape index (κ1) is 13.8. The molecule has 1 atom stereocenters. The molecule has 0 aliphatic heterocycles. The predicted molar refractivity (Wildman–Crippen MR) is 66.4 cm³/mol. The fraction of sp³-hybridized carbons (Fsp3) is 0.385. The van der Waals surface area contributed by atoms with Gasteiger partial charge in [0.05, 0.1) is 25.2 Å². The minimum absolute atomic E-state index is 0.144. The van der Waals surface area contributed by atoms with E-state index in [4.69, 9.17) is 10.00 Å². The normalized spacial score (nSPS) is 11.4. The van der Waals surface area contributed by atoms with Crippen LogP contribution in [0.3, 0.4) is 0 Å². The number of amides is 1. The van der Waals surface area contributed by atoms with Gasteiger partial charge in [0.15, 0.2) is 11.5 Å². The summed E-state index contributed by atoms with van der Waals surface area (Å²) in [6.07, 6.45) is 0.900. The number of carbonyl (C=O) groups is 1. The Hall–Kier alpha value is -2.22. The lowest BCUT2D eigenvalue weighted by Gasteiger charge is -2.14. The number of hydrogen-bond acceptors (Lipinski definition) is 4. The summed E-state index contributed by atoms with van der Waals surface area (Å²) in [7, 11) is 1.42. The Morgan fingerprint density at radius 1 is 1.61 bits per heavy atom. The molecule has 0 saturated carbocycles. The van der Waals surface area contributed by atoms with E-state index in [0.29, 0.717) is 6.42 Å². The first-order valence-corrected chi connectivity index (χ1v) is 5.67. The number of hydrogen-bond donors (Lipinski definition) is 2. The van der Waals surface area contributed by atoms with Crippen LogP contribution >= 0.6 is 0 Å². The number of methoxy groups -OCH3 is 1. The van der Waals surface area contributed by atoms with Crippen LogP contribution in [-0.4, -0.2) is 24.2 Å². The van der Waals surface area contributed by atoms with Crippen LogP contribution in [0.1, 0.15) is 30.1 Å². The van der Waals surface area contributed by atoms with Crippen LogP contribution in [-0.2, 0) is 0 Å². The summed E-state index contributed by atoms with van der Waals surface area (Å²) < 4.78 is 4.93. The van der Waals surface area contributed by atoms with Crippen molar-refractivity contribution in [3.05, 3.63) is 23.8 Å². The van der Waals surface area contributed by atoms with Gasteiger partial charge in [-0.2, -0.15) is 5.26 Å². The van der Waals surface area contributed by atoms with Gasteiger partial charge in [0.2, 0.25) is 0 Å². The number of carbonyl (C=O) groups excluding carboxylic acids is 1. The molecule has 5 nitrogen and oxygen atoms in total. The fourth-order valence-corrected chi connectivity index (χ4v) is 1.54. The number of nitrogens with zero attached hydrogens (tertiary/aromatic N) is 1. The summed E-state index contributed by atoms with van der Waals surface area (Å²) in [5.74, 6) is -0.353. The lowest BCUT2D eigenvalue weighted by molar-refractivity contribution is 0.0933. The van der Waals surface area contributed by atoms with Crippen LogP contribution in [0.2, 0.25) is 0 Å². The fourth-order valence-electron chi connectivity index (χ4n) is 1.54. The molecule has 1 rings (SSSR count). The van der Waals surface area contributed by atoms with Crippen LogP contribution in [0.25, 0.3) is 0 Å². The van der Waals surface area contributed by atoms with E-state index in [0.717, 1.165) is 0 Å². The van der Waals surface area contributed by atoms with Crippen LogP contribution < -0.4 is 10.1 Å². The summed E-state index contributed by atoms with van der Waals surface area (Å²) >= 11 is 0. The van der Waals surface area contributed by atoms with E-state index in [1.807, 2.05) is 13.0 Å². The van der Waals surface area contributed by atoms with Gasteiger partial charge in [-0.15, -0.1) is 0 Å². The number of phenols is 1. The molecule has 18 heavy (non-hydrogen) atoms. The average molecular weight is 248 g/mol. The van der Waals surface area contributed by atoms with Crippen molar-refractivity contribution < 1.29 is 14.6 Å². The van der Waals surface area contributed by atoms with Crippen molar-refractivity contribution in [3.63, 3.8) is 0 Å². The summed E-state index contributed by atoms with van der Waals surface area (Å²) in [6.45, 7) is 1.88. The molecule has 2 N–H and O–H groups in total. The van der Waals surface area contributed by atoms with Crippen LogP contribution in [0.5, 0.6) is 11.5 Å². The Morgan fingerprint density at radius 3 is 2.89 bits per heavy atom. The average Bonchev–Trinajstić information content (AvgIpc) is 2.38. The van der Waals surface area contributed by atoms with Gasteiger partial charge in [0.25, 0.3) is 5.91 Å². The maximum atomic E-state index is 11.9. The molecule has 0 radical (unpaired) electrons. The number of nitrogens with one attached hydrogen (secondary N) is 1. The zero-order valence-electron chi connectivity index (χ0n) is 10.4. The molecule has 96 valence electrons. The van der Waals surface area contributed by atoms with E-state index in [1.54, 1.807) is 12.1 Å². The van der Waals surface area contributed by atoms with Crippen molar-refractivity contribution in [2.24, 2.45) is 0 Å². The third-order valence-corrected chi connectivity index (χ3v) is 2.63. The van der Waals surface area contributed by atoms with Crippen LogP contribution in [0.4, 0.5) is 0 Å². The van der Waals surface area contributed by atoms with Gasteiger partial charge in [0, 0.05) is 6.04 Å². The molecular weight excluding hydrogens is 232 g/mol. The summed E-state index contributed by atoms with van der Waals surface area (Å²) in [5.41, 5.74) is 0.144. The van der Waals surface area contributed by atoms with E-state index in [-0.39, 0.29) is 29.5 Å². The quantitative estimate of drug-likeness (QED) is 0.832. The summed E-state index contributed by atoms with van der Waals surface area (Å²) in [6, 6.07) is 6.49. The van der Waals surface area contributed by atoms with Crippen LogP contribution in [0, 0.1) is 11.3 Å². The van der Waals surface area contributed by atoms with E-state index >= 15 is 0 Å². The molecule has 0 aliphatic rings. The van der Waals surface area contributed by atoms with Crippen molar-refractivity contribution in [1.82, 2.24) is 5.32 Å². The molecule has 0 spiro atoms. The van der Waals surface area contributed by atoms with Gasteiger partial charge in [0.1, 0.15) is 0 Å². The number of ether oxygens (including phenoxy) is 1. The SMILES string of the molecule is CCC(CC#N)NC(=O)c1cccc(OC)c1O. The maximum Gasteiger partial charge on any atom is 0.255 e. The number of aromatic hydroxyl groups is 1. The Morgan fingerprint density at radius 2 is 2.33 bits per heavy atom. The molecule has 0 fully saturated rings. The number of benzene rings is 1. The molecule has 1 aromatic carbocycles. The molecular formula is C13H16N2O3. The smallest absolute Gasteiger partial charge is 0.255 e. The first-order valence-electron chi connectivity index (χ1n) is 5.67. The monoisotopic (exact) mass is 248 g/mol. The van der Waals surface area contributed by atoms with Crippen LogP contribution in [0.15, 0.2) is 18.2 Å². The van der Waals surface area contributed by atoms with Gasteiger partial charge in [-0.1, -0.05) is 13.0 Å². The second-order valence-corrected chi connectivity index (χ2v) is 3.80. The Balaban J connectivity index is 2.88. The third-order valence-electron chi connectivity index (χ3n) is 2.63. The van der Waals surface area contributed by atoms with Gasteiger partial charge < -0.3 is 15.2 Å². The van der Waals surface area contributed by atoms with E-state index in [2.05, 4.69) is 5.32 Å². The zero-order valence-corrected chi connectivity index (χ0v) is 10.4. The molecule has 0 aliphatic carbocycles. The minimum atomic E-state index is -0.409. The zero-order chi connectivity index (χ0) is 13.5. The van der Waals surface area contributed by atoms with E-state index in [1.165, 1.54) is 13.2 Å². The standard InChI is InChI=1S/C13H16N2O3/c1-3-9(7-8-14)15-13(17)10-5-4-6-11(18-2)12(10)16/h4-6,9,16H,3,7H2,1-2H3,(H,15,17). The highest BCUT2D eigenvalue weighted by atomic mass is 16.5. The highest BCUT2D eigenvalue weighted by molar-refractivity contribution is 5.97. The van der Waals surface area contributed by atoms with E-state index < -0.39 is 5.91 Å². The Bertz CT molecular complexity index is 466. The van der Waals surface area contributed by atoms with Crippen molar-refractivity contribution in [3.8, 4) is 17.6 Å². The number of rotatable bonds is 5. The summed E-state index contributed by atoms with van der Waals surface area (Å²) in [4.78, 5) is 11.9. The lowest BCUT2D eigenvalue weighted by Crippen LogP contribution is -2.34. The Labute approximate surface area is 106 Å². The molecule has 1 unspecified atom stereocenters. The summed E-state index contributed by atoms with van der Waals surface area (Å²) in [5, 5.41) is 21.1. The van der Waals surface area contributed by atoms with Crippen molar-refractivity contribution >= 4 is 5.91 Å². The molecule has 0 heterocycles. The topological polar surface area (TPSA) is 82.4 Å². The van der Waals surface area contributed by atoms with Gasteiger partial charge in [-0.25, -0.2) is 0 Å². The van der Waals surface area contributed by atoms with Gasteiger partial charge in [-0.05, 0) is 18.6 Å². The molecule has 1 amide bonds. The second kappa shape index (κ2) is 6.50. The number of nitriles is 1. The number of phenolic OH excluding ortho intramolecular Hbond substituents is 1. The first-order chi connectivity index (χ1) is 8.63. The van der Waals surface area contributed by atoms with E-state index in [9.17, 15) is 9.90 Å². The van der Waals surface area contributed by atoms with Gasteiger partial charge in [-0.3, -0.25) is 4.79 Å². The van der Waals surface area contributed by atoms with Crippen molar-refractivity contribution in [2.75, 3.05) is 7.11 Å². The van der Waals surface area contributed by atoms with Crippen molar-refractivity contribution in [2.45, 2.75) is 25.8 Å². The second-order valence-electron chi connectivity index (χ2n) is 3.80. The highest BCUT2D eigenvalue weighted by Crippen LogP contribution is 2.29. The molecule has 5 heteroatoms. The molecule has 0 saturated heterocycles. The van der Waals surface area contributed by atoms with Crippen molar-refractivity contribution in [1.29, 1.82) is 5.26 Å². The predicted octanol–water partition coefficient (Wildman–Crippen LogP) is 1.82. The Kier molecular flexibility index (Phi) is 5.00. The molecule has 1 aromatic rings. The number of para-hydroxylation sites is 1.